The summed E-state index contributed by atoms with van der Waals surface area (Å²) in [5.41, 5.74) is 1.06. The number of thioether (sulfide) groups is 1. The Morgan fingerprint density at radius 3 is 2.53 bits per heavy atom. The molecular formula is C25H28Cl3FN2O2S. The van der Waals surface area contributed by atoms with Gasteiger partial charge in [0.15, 0.2) is 0 Å². The standard InChI is InChI=1S/C25H28Cl3FN2O2S/c1-2-23(25(33)30-18-6-3-4-7-18)31(13-16-10-11-17(26)12-21(16)28)24(32)15-34-14-19-20(27)8-5-9-22(19)29/h5,8-12,18,23H,2-4,6-7,13-15H2,1H3,(H,30,33). The van der Waals surface area contributed by atoms with Crippen LogP contribution in [0.1, 0.15) is 50.2 Å². The third-order valence-corrected chi connectivity index (χ3v) is 7.86. The minimum atomic E-state index is -0.641. The molecule has 2 aromatic rings. The Hall–Kier alpha value is -1.47. The molecule has 0 saturated heterocycles. The topological polar surface area (TPSA) is 49.4 Å². The van der Waals surface area contributed by atoms with Crippen LogP contribution in [0.4, 0.5) is 4.39 Å². The summed E-state index contributed by atoms with van der Waals surface area (Å²) in [6.45, 7) is 2.06. The fourth-order valence-corrected chi connectivity index (χ4v) is 5.83. The fourth-order valence-electron chi connectivity index (χ4n) is 4.11. The van der Waals surface area contributed by atoms with Gasteiger partial charge in [0, 0.05) is 39.0 Å². The average Bonchev–Trinajstić information content (AvgIpc) is 3.30. The van der Waals surface area contributed by atoms with Gasteiger partial charge in [-0.3, -0.25) is 9.59 Å². The maximum atomic E-state index is 14.1. The second-order valence-corrected chi connectivity index (χ2v) is 10.6. The Labute approximate surface area is 219 Å². The molecule has 1 aliphatic carbocycles. The number of benzene rings is 2. The molecule has 1 fully saturated rings. The molecular weight excluding hydrogens is 518 g/mol. The minimum Gasteiger partial charge on any atom is -0.352 e. The molecule has 0 radical (unpaired) electrons. The van der Waals surface area contributed by atoms with E-state index < -0.39 is 11.9 Å². The largest absolute Gasteiger partial charge is 0.352 e. The molecule has 0 spiro atoms. The molecule has 1 N–H and O–H groups in total. The summed E-state index contributed by atoms with van der Waals surface area (Å²) in [6, 6.07) is 9.11. The predicted molar refractivity (Wildman–Crippen MR) is 139 cm³/mol. The van der Waals surface area contributed by atoms with Gasteiger partial charge in [0.05, 0.1) is 5.75 Å². The molecule has 3 rings (SSSR count). The van der Waals surface area contributed by atoms with Crippen molar-refractivity contribution in [1.82, 2.24) is 10.2 Å². The van der Waals surface area contributed by atoms with Gasteiger partial charge >= 0.3 is 0 Å². The number of carbonyl (C=O) groups is 2. The first-order chi connectivity index (χ1) is 16.3. The third kappa shape index (κ3) is 7.27. The van der Waals surface area contributed by atoms with E-state index in [4.69, 9.17) is 34.8 Å². The lowest BCUT2D eigenvalue weighted by atomic mass is 10.1. The first-order valence-electron chi connectivity index (χ1n) is 11.3. The van der Waals surface area contributed by atoms with E-state index in [0.29, 0.717) is 32.6 Å². The third-order valence-electron chi connectivity index (χ3n) is 5.98. The maximum absolute atomic E-state index is 14.1. The number of nitrogens with one attached hydrogen (secondary N) is 1. The molecule has 0 bridgehead atoms. The SMILES string of the molecule is CCC(C(=O)NC1CCCC1)N(Cc1ccc(Cl)cc1Cl)C(=O)CSCc1c(F)cccc1Cl. The smallest absolute Gasteiger partial charge is 0.243 e. The van der Waals surface area contributed by atoms with Gasteiger partial charge in [-0.05, 0) is 49.1 Å². The van der Waals surface area contributed by atoms with Crippen molar-refractivity contribution < 1.29 is 14.0 Å². The van der Waals surface area contributed by atoms with Crippen molar-refractivity contribution in [2.24, 2.45) is 0 Å². The normalized spacial score (nSPS) is 14.7. The predicted octanol–water partition coefficient (Wildman–Crippen LogP) is 6.89. The number of carbonyl (C=O) groups excluding carboxylic acids is 2. The fraction of sp³-hybridized carbons (Fsp3) is 0.440. The maximum Gasteiger partial charge on any atom is 0.243 e. The summed E-state index contributed by atoms with van der Waals surface area (Å²) in [5.74, 6) is -0.465. The highest BCUT2D eigenvalue weighted by Gasteiger charge is 2.31. The Bertz CT molecular complexity index is 997. The van der Waals surface area contributed by atoms with Crippen molar-refractivity contribution in [3.05, 3.63) is 68.4 Å². The van der Waals surface area contributed by atoms with Gasteiger partial charge in [-0.15, -0.1) is 11.8 Å². The van der Waals surface area contributed by atoms with Crippen molar-refractivity contribution in [2.75, 3.05) is 5.75 Å². The number of nitrogens with zero attached hydrogens (tertiary/aromatic N) is 1. The zero-order valence-corrected chi connectivity index (χ0v) is 22.0. The molecule has 2 aromatic carbocycles. The van der Waals surface area contributed by atoms with Crippen molar-refractivity contribution in [3.63, 3.8) is 0 Å². The average molecular weight is 546 g/mol. The summed E-state index contributed by atoms with van der Waals surface area (Å²) in [4.78, 5) is 28.1. The molecule has 1 aliphatic rings. The molecule has 0 heterocycles. The quantitative estimate of drug-likeness (QED) is 0.354. The highest BCUT2D eigenvalue weighted by Crippen LogP contribution is 2.27. The highest BCUT2D eigenvalue weighted by atomic mass is 35.5. The van der Waals surface area contributed by atoms with Crippen molar-refractivity contribution >= 4 is 58.4 Å². The summed E-state index contributed by atoms with van der Waals surface area (Å²) in [7, 11) is 0. The summed E-state index contributed by atoms with van der Waals surface area (Å²) >= 11 is 19.8. The van der Waals surface area contributed by atoms with Crippen LogP contribution < -0.4 is 5.32 Å². The molecule has 4 nitrogen and oxygen atoms in total. The zero-order valence-electron chi connectivity index (χ0n) is 19.0. The lowest BCUT2D eigenvalue weighted by Crippen LogP contribution is -2.51. The molecule has 34 heavy (non-hydrogen) atoms. The van der Waals surface area contributed by atoms with Crippen LogP contribution in [-0.2, 0) is 21.9 Å². The zero-order chi connectivity index (χ0) is 24.7. The molecule has 184 valence electrons. The van der Waals surface area contributed by atoms with Crippen LogP contribution in [-0.4, -0.2) is 34.6 Å². The van der Waals surface area contributed by atoms with Crippen LogP contribution in [0.2, 0.25) is 15.1 Å². The van der Waals surface area contributed by atoms with Crippen molar-refractivity contribution in [3.8, 4) is 0 Å². The summed E-state index contributed by atoms with van der Waals surface area (Å²) in [6.07, 6.45) is 4.57. The van der Waals surface area contributed by atoms with E-state index in [-0.39, 0.29) is 35.9 Å². The van der Waals surface area contributed by atoms with Crippen LogP contribution in [0.15, 0.2) is 36.4 Å². The number of hydrogen-bond donors (Lipinski definition) is 1. The molecule has 9 heteroatoms. The molecule has 1 saturated carbocycles. The Morgan fingerprint density at radius 1 is 1.15 bits per heavy atom. The van der Waals surface area contributed by atoms with E-state index >= 15 is 0 Å². The lowest BCUT2D eigenvalue weighted by Gasteiger charge is -2.31. The van der Waals surface area contributed by atoms with Crippen molar-refractivity contribution in [2.45, 2.75) is 63.4 Å². The molecule has 2 amide bonds. The van der Waals surface area contributed by atoms with Gasteiger partial charge in [-0.2, -0.15) is 0 Å². The second kappa shape index (κ2) is 13.0. The molecule has 0 aliphatic heterocycles. The second-order valence-electron chi connectivity index (χ2n) is 8.36. The van der Waals surface area contributed by atoms with Gasteiger partial charge in [0.25, 0.3) is 0 Å². The van der Waals surface area contributed by atoms with Crippen molar-refractivity contribution in [1.29, 1.82) is 0 Å². The Kier molecular flexibility index (Phi) is 10.4. The van der Waals surface area contributed by atoms with E-state index in [1.807, 2.05) is 6.92 Å². The molecule has 1 unspecified atom stereocenters. The van der Waals surface area contributed by atoms with E-state index in [1.54, 1.807) is 35.2 Å². The van der Waals surface area contributed by atoms with Crippen LogP contribution in [0.5, 0.6) is 0 Å². The van der Waals surface area contributed by atoms with Crippen LogP contribution in [0.25, 0.3) is 0 Å². The Morgan fingerprint density at radius 2 is 1.88 bits per heavy atom. The number of amides is 2. The number of rotatable bonds is 10. The van der Waals surface area contributed by atoms with Gasteiger partial charge < -0.3 is 10.2 Å². The Balaban J connectivity index is 1.76. The molecule has 0 aromatic heterocycles. The number of hydrogen-bond acceptors (Lipinski definition) is 3. The van der Waals surface area contributed by atoms with Crippen LogP contribution in [0.3, 0.4) is 0 Å². The number of halogens is 4. The summed E-state index contributed by atoms with van der Waals surface area (Å²) < 4.78 is 14.1. The monoisotopic (exact) mass is 544 g/mol. The van der Waals surface area contributed by atoms with Crippen LogP contribution in [0, 0.1) is 5.82 Å². The van der Waals surface area contributed by atoms with Gasteiger partial charge in [-0.25, -0.2) is 4.39 Å². The molecule has 1 atom stereocenters. The summed E-state index contributed by atoms with van der Waals surface area (Å²) in [5, 5.41) is 4.36. The van der Waals surface area contributed by atoms with Gasteiger partial charge in [-0.1, -0.05) is 66.7 Å². The minimum absolute atomic E-state index is 0.0725. The van der Waals surface area contributed by atoms with E-state index in [1.165, 1.54) is 17.8 Å². The van der Waals surface area contributed by atoms with Crippen LogP contribution >= 0.6 is 46.6 Å². The van der Waals surface area contributed by atoms with Gasteiger partial charge in [0.1, 0.15) is 11.9 Å². The first-order valence-corrected chi connectivity index (χ1v) is 13.6. The van der Waals surface area contributed by atoms with E-state index in [2.05, 4.69) is 5.32 Å². The van der Waals surface area contributed by atoms with E-state index in [0.717, 1.165) is 25.7 Å². The highest BCUT2D eigenvalue weighted by molar-refractivity contribution is 7.99. The first kappa shape index (κ1) is 27.1. The lowest BCUT2D eigenvalue weighted by molar-refractivity contribution is -0.139. The van der Waals surface area contributed by atoms with E-state index in [9.17, 15) is 14.0 Å². The van der Waals surface area contributed by atoms with Gasteiger partial charge in [0.2, 0.25) is 11.8 Å².